The number of hydrogen-bond donors (Lipinski definition) is 0. The van der Waals surface area contributed by atoms with E-state index in [9.17, 15) is 9.59 Å². The number of nitrogens with zero attached hydrogens (tertiary/aromatic N) is 2. The van der Waals surface area contributed by atoms with Crippen molar-refractivity contribution >= 4 is 28.4 Å². The number of hydrogen-bond acceptors (Lipinski definition) is 5. The van der Waals surface area contributed by atoms with E-state index in [0.29, 0.717) is 33.9 Å². The van der Waals surface area contributed by atoms with Gasteiger partial charge in [0.2, 0.25) is 0 Å². The van der Waals surface area contributed by atoms with Crippen molar-refractivity contribution in [3.8, 4) is 5.75 Å². The lowest BCUT2D eigenvalue weighted by Gasteiger charge is -2.17. The van der Waals surface area contributed by atoms with E-state index in [4.69, 9.17) is 9.72 Å². The number of rotatable bonds is 8. The van der Waals surface area contributed by atoms with Crippen LogP contribution in [0.25, 0.3) is 10.9 Å². The van der Waals surface area contributed by atoms with Gasteiger partial charge in [0.15, 0.2) is 10.9 Å². The van der Waals surface area contributed by atoms with Crippen LogP contribution in [0.15, 0.2) is 64.1 Å². The molecular formula is C26H28N2O3S. The summed E-state index contributed by atoms with van der Waals surface area (Å²) in [5.74, 6) is 1.29. The first-order valence-electron chi connectivity index (χ1n) is 11.0. The third-order valence-corrected chi connectivity index (χ3v) is 6.94. The van der Waals surface area contributed by atoms with E-state index in [1.165, 1.54) is 30.2 Å². The molecule has 3 aromatic rings. The zero-order chi connectivity index (χ0) is 22.5. The number of para-hydroxylation sites is 1. The van der Waals surface area contributed by atoms with Gasteiger partial charge in [-0.25, -0.2) is 4.98 Å². The summed E-state index contributed by atoms with van der Waals surface area (Å²) in [6.45, 7) is 2.18. The molecule has 0 amide bonds. The maximum absolute atomic E-state index is 13.3. The Morgan fingerprint density at radius 2 is 2.03 bits per heavy atom. The number of allylic oxidation sites excluding steroid dienone is 2. The van der Waals surface area contributed by atoms with Crippen molar-refractivity contribution < 1.29 is 9.53 Å². The van der Waals surface area contributed by atoms with Crippen LogP contribution in [0.1, 0.15) is 54.9 Å². The fourth-order valence-corrected chi connectivity index (χ4v) is 5.10. The number of thioether (sulfide) groups is 1. The molecular weight excluding hydrogens is 420 g/mol. The summed E-state index contributed by atoms with van der Waals surface area (Å²) in [5, 5.41) is 1.34. The Morgan fingerprint density at radius 3 is 2.78 bits per heavy atom. The fraction of sp³-hybridized carbons (Fsp3) is 0.346. The van der Waals surface area contributed by atoms with Gasteiger partial charge in [-0.1, -0.05) is 35.5 Å². The molecule has 166 valence electrons. The minimum atomic E-state index is -0.000962. The number of fused-ring (bicyclic) bond motifs is 1. The summed E-state index contributed by atoms with van der Waals surface area (Å²) in [6.07, 6.45) is 7.93. The summed E-state index contributed by atoms with van der Waals surface area (Å²) < 4.78 is 7.31. The summed E-state index contributed by atoms with van der Waals surface area (Å²) in [6, 6.07) is 13.0. The molecule has 0 bridgehead atoms. The van der Waals surface area contributed by atoms with Gasteiger partial charge in [0.05, 0.1) is 18.0 Å². The second kappa shape index (κ2) is 10.2. The van der Waals surface area contributed by atoms with Gasteiger partial charge in [-0.3, -0.25) is 14.2 Å². The molecule has 1 aromatic heterocycles. The number of Topliss-reactive ketones (excluding diaryl/α,β-unsaturated/α-hetero) is 1. The van der Waals surface area contributed by atoms with Gasteiger partial charge < -0.3 is 4.74 Å². The average molecular weight is 449 g/mol. The quantitative estimate of drug-likeness (QED) is 0.189. The molecule has 2 aromatic carbocycles. The van der Waals surface area contributed by atoms with Crippen LogP contribution >= 0.6 is 11.8 Å². The monoisotopic (exact) mass is 448 g/mol. The van der Waals surface area contributed by atoms with Crippen molar-refractivity contribution in [1.29, 1.82) is 0 Å². The molecule has 0 saturated heterocycles. The van der Waals surface area contributed by atoms with Gasteiger partial charge in [-0.2, -0.15) is 0 Å². The summed E-state index contributed by atoms with van der Waals surface area (Å²) in [7, 11) is 1.62. The summed E-state index contributed by atoms with van der Waals surface area (Å²) >= 11 is 1.51. The van der Waals surface area contributed by atoms with Crippen molar-refractivity contribution in [3.63, 3.8) is 0 Å². The molecule has 0 radical (unpaired) electrons. The highest BCUT2D eigenvalue weighted by atomic mass is 32.2. The highest BCUT2D eigenvalue weighted by Gasteiger charge is 2.15. The third kappa shape index (κ3) is 4.96. The van der Waals surface area contributed by atoms with E-state index in [2.05, 4.69) is 6.08 Å². The van der Waals surface area contributed by atoms with Crippen molar-refractivity contribution in [3.05, 3.63) is 75.6 Å². The van der Waals surface area contributed by atoms with E-state index < -0.39 is 0 Å². The number of carbonyl (C=O) groups excluding carboxylic acids is 1. The Balaban J connectivity index is 1.66. The summed E-state index contributed by atoms with van der Waals surface area (Å²) in [4.78, 5) is 30.0. The number of methoxy groups -OCH3 is 1. The number of ketones is 1. The third-order valence-electron chi connectivity index (χ3n) is 5.91. The molecule has 4 rings (SSSR count). The van der Waals surface area contributed by atoms with Crippen molar-refractivity contribution in [2.45, 2.75) is 56.5 Å². The maximum atomic E-state index is 13.3. The van der Waals surface area contributed by atoms with Crippen LogP contribution in [0.4, 0.5) is 0 Å². The maximum Gasteiger partial charge on any atom is 0.262 e. The molecule has 6 heteroatoms. The molecule has 0 saturated carbocycles. The fourth-order valence-electron chi connectivity index (χ4n) is 4.09. The van der Waals surface area contributed by atoms with Crippen LogP contribution in [0.3, 0.4) is 0 Å². The Labute approximate surface area is 192 Å². The minimum absolute atomic E-state index is 0.000962. The predicted octanol–water partition coefficient (Wildman–Crippen LogP) is 5.79. The molecule has 1 aliphatic carbocycles. The zero-order valence-electron chi connectivity index (χ0n) is 18.6. The van der Waals surface area contributed by atoms with Crippen LogP contribution in [0.2, 0.25) is 0 Å². The van der Waals surface area contributed by atoms with Crippen LogP contribution in [0, 0.1) is 0 Å². The highest BCUT2D eigenvalue weighted by Crippen LogP contribution is 2.29. The summed E-state index contributed by atoms with van der Waals surface area (Å²) in [5.41, 5.74) is 3.70. The molecule has 1 heterocycles. The van der Waals surface area contributed by atoms with Crippen molar-refractivity contribution in [1.82, 2.24) is 9.55 Å². The Hall–Kier alpha value is -2.86. The molecule has 0 aliphatic heterocycles. The highest BCUT2D eigenvalue weighted by molar-refractivity contribution is 7.98. The van der Waals surface area contributed by atoms with E-state index in [1.807, 2.05) is 41.0 Å². The van der Waals surface area contributed by atoms with E-state index in [-0.39, 0.29) is 11.3 Å². The first-order chi connectivity index (χ1) is 15.6. The molecule has 0 atom stereocenters. The molecule has 0 fully saturated rings. The van der Waals surface area contributed by atoms with Crippen molar-refractivity contribution in [2.24, 2.45) is 0 Å². The largest absolute Gasteiger partial charge is 0.496 e. The number of aromatic nitrogens is 2. The molecule has 32 heavy (non-hydrogen) atoms. The Morgan fingerprint density at radius 1 is 1.19 bits per heavy atom. The molecule has 1 aliphatic rings. The second-order valence-corrected chi connectivity index (χ2v) is 9.04. The number of carbonyl (C=O) groups is 1. The van der Waals surface area contributed by atoms with Crippen LogP contribution in [-0.2, 0) is 12.3 Å². The molecule has 5 nitrogen and oxygen atoms in total. The van der Waals surface area contributed by atoms with Crippen LogP contribution in [-0.4, -0.2) is 22.4 Å². The Bertz CT molecular complexity index is 1230. The second-order valence-electron chi connectivity index (χ2n) is 8.10. The smallest absolute Gasteiger partial charge is 0.262 e. The minimum Gasteiger partial charge on any atom is -0.496 e. The van der Waals surface area contributed by atoms with E-state index in [1.54, 1.807) is 20.1 Å². The number of benzene rings is 2. The normalized spacial score (nSPS) is 13.8. The number of ether oxygens (including phenoxy) is 1. The van der Waals surface area contributed by atoms with E-state index in [0.717, 1.165) is 30.6 Å². The van der Waals surface area contributed by atoms with E-state index >= 15 is 0 Å². The predicted molar refractivity (Wildman–Crippen MR) is 130 cm³/mol. The zero-order valence-corrected chi connectivity index (χ0v) is 19.4. The Kier molecular flexibility index (Phi) is 7.10. The SMILES string of the molecule is COc1ccc(C(C)=O)cc1CSc1nc2ccccc2c(=O)n1CCC1=CCCCC1. The lowest BCUT2D eigenvalue weighted by atomic mass is 9.97. The van der Waals surface area contributed by atoms with Gasteiger partial charge in [0.25, 0.3) is 5.56 Å². The lowest BCUT2D eigenvalue weighted by Crippen LogP contribution is -2.24. The van der Waals surface area contributed by atoms with Gasteiger partial charge in [-0.15, -0.1) is 0 Å². The lowest BCUT2D eigenvalue weighted by molar-refractivity contribution is 0.101. The molecule has 0 unspecified atom stereocenters. The molecule has 0 spiro atoms. The van der Waals surface area contributed by atoms with Gasteiger partial charge in [0.1, 0.15) is 5.75 Å². The van der Waals surface area contributed by atoms with Gasteiger partial charge >= 0.3 is 0 Å². The first kappa shape index (κ1) is 22.3. The molecule has 0 N–H and O–H groups in total. The van der Waals surface area contributed by atoms with Crippen LogP contribution in [0.5, 0.6) is 5.75 Å². The van der Waals surface area contributed by atoms with Crippen LogP contribution < -0.4 is 10.3 Å². The standard InChI is InChI=1S/C26H28N2O3S/c1-18(29)20-12-13-24(31-2)21(16-20)17-32-26-27-23-11-7-6-10-22(23)25(30)28(26)15-14-19-8-4-3-5-9-19/h6-8,10-13,16H,3-5,9,14-15,17H2,1-2H3. The van der Waals surface area contributed by atoms with Gasteiger partial charge in [0, 0.05) is 23.4 Å². The van der Waals surface area contributed by atoms with Gasteiger partial charge in [-0.05, 0) is 69.4 Å². The average Bonchev–Trinajstić information content (AvgIpc) is 2.82. The first-order valence-corrected chi connectivity index (χ1v) is 12.0. The topological polar surface area (TPSA) is 61.2 Å². The van der Waals surface area contributed by atoms with Crippen molar-refractivity contribution in [2.75, 3.05) is 7.11 Å².